The summed E-state index contributed by atoms with van der Waals surface area (Å²) < 4.78 is 0.598. The second kappa shape index (κ2) is 6.29. The Hall–Kier alpha value is -2.21. The molecule has 0 aliphatic carbocycles. The van der Waals surface area contributed by atoms with Crippen molar-refractivity contribution in [1.29, 1.82) is 0 Å². The summed E-state index contributed by atoms with van der Waals surface area (Å²) in [5.41, 5.74) is 6.74. The molecule has 6 heteroatoms. The zero-order valence-corrected chi connectivity index (χ0v) is 12.1. The molecule has 1 aromatic heterocycles. The number of halogens is 1. The summed E-state index contributed by atoms with van der Waals surface area (Å²) in [5, 5.41) is 2.73. The second-order valence-electron chi connectivity index (χ2n) is 4.09. The van der Waals surface area contributed by atoms with Crippen molar-refractivity contribution >= 4 is 27.7 Å². The number of nitrogens with one attached hydrogen (secondary N) is 1. The fourth-order valence-electron chi connectivity index (χ4n) is 1.64. The molecule has 2 amide bonds. The number of carbonyl (C=O) groups excluding carboxylic acids is 2. The Morgan fingerprint density at radius 2 is 1.95 bits per heavy atom. The molecule has 0 aliphatic rings. The van der Waals surface area contributed by atoms with Crippen LogP contribution < -0.4 is 11.1 Å². The van der Waals surface area contributed by atoms with Gasteiger partial charge in [-0.05, 0) is 45.8 Å². The number of hydrogen-bond acceptors (Lipinski definition) is 3. The number of carbonyl (C=O) groups is 2. The van der Waals surface area contributed by atoms with Crippen LogP contribution in [-0.4, -0.2) is 16.8 Å². The minimum Gasteiger partial charge on any atom is -0.366 e. The van der Waals surface area contributed by atoms with E-state index < -0.39 is 5.91 Å². The number of hydrogen-bond donors (Lipinski definition) is 2. The lowest BCUT2D eigenvalue weighted by molar-refractivity contribution is 0.0945. The molecule has 0 saturated heterocycles. The third-order valence-electron chi connectivity index (χ3n) is 2.61. The van der Waals surface area contributed by atoms with Gasteiger partial charge < -0.3 is 11.1 Å². The Kier molecular flexibility index (Phi) is 4.47. The van der Waals surface area contributed by atoms with Crippen molar-refractivity contribution in [3.8, 4) is 0 Å². The summed E-state index contributed by atoms with van der Waals surface area (Å²) in [6, 6.07) is 11.9. The van der Waals surface area contributed by atoms with Crippen LogP contribution in [0.1, 0.15) is 26.4 Å². The molecule has 0 spiro atoms. The number of primary amides is 1. The van der Waals surface area contributed by atoms with Crippen LogP contribution in [0.3, 0.4) is 0 Å². The molecule has 0 bridgehead atoms. The molecule has 1 heterocycles. The fraction of sp³-hybridized carbons (Fsp3) is 0.0714. The monoisotopic (exact) mass is 333 g/mol. The predicted molar refractivity (Wildman–Crippen MR) is 78.1 cm³/mol. The van der Waals surface area contributed by atoms with Crippen LogP contribution >= 0.6 is 15.9 Å². The van der Waals surface area contributed by atoms with Crippen molar-refractivity contribution in [3.05, 3.63) is 63.9 Å². The summed E-state index contributed by atoms with van der Waals surface area (Å²) in [7, 11) is 0. The van der Waals surface area contributed by atoms with Crippen molar-refractivity contribution in [1.82, 2.24) is 10.3 Å². The minimum absolute atomic E-state index is 0.282. The summed E-state index contributed by atoms with van der Waals surface area (Å²) in [6.45, 7) is 0.300. The Balaban J connectivity index is 2.03. The van der Waals surface area contributed by atoms with E-state index in [0.29, 0.717) is 22.4 Å². The number of amides is 2. The summed E-state index contributed by atoms with van der Waals surface area (Å²) in [6.07, 6.45) is 0. The normalized spacial score (nSPS) is 10.1. The summed E-state index contributed by atoms with van der Waals surface area (Å²) in [5.74, 6) is -0.775. The Bertz CT molecular complexity index is 658. The lowest BCUT2D eigenvalue weighted by atomic mass is 10.1. The van der Waals surface area contributed by atoms with Gasteiger partial charge in [-0.25, -0.2) is 4.98 Å². The second-order valence-corrected chi connectivity index (χ2v) is 4.91. The van der Waals surface area contributed by atoms with Crippen LogP contribution in [0.4, 0.5) is 0 Å². The molecule has 0 aliphatic heterocycles. The number of aromatic nitrogens is 1. The van der Waals surface area contributed by atoms with Gasteiger partial charge in [-0.1, -0.05) is 18.2 Å². The zero-order valence-electron chi connectivity index (χ0n) is 10.5. The van der Waals surface area contributed by atoms with Gasteiger partial charge in [0.1, 0.15) is 10.3 Å². The Morgan fingerprint density at radius 3 is 2.65 bits per heavy atom. The highest BCUT2D eigenvalue weighted by molar-refractivity contribution is 9.10. The standard InChI is InChI=1S/C14H12BrN3O2/c15-12-6-2-5-11(18-12)14(20)17-8-9-3-1-4-10(7-9)13(16)19/h1-7H,8H2,(H2,16,19)(H,17,20). The molecule has 0 radical (unpaired) electrons. The third kappa shape index (κ3) is 3.64. The van der Waals surface area contributed by atoms with E-state index in [1.54, 1.807) is 42.5 Å². The molecule has 3 N–H and O–H groups in total. The first-order valence-corrected chi connectivity index (χ1v) is 6.65. The van der Waals surface area contributed by atoms with Gasteiger partial charge in [0, 0.05) is 12.1 Å². The van der Waals surface area contributed by atoms with Gasteiger partial charge in [0.15, 0.2) is 0 Å². The fourth-order valence-corrected chi connectivity index (χ4v) is 1.99. The first-order chi connectivity index (χ1) is 9.56. The van der Waals surface area contributed by atoms with E-state index >= 15 is 0 Å². The van der Waals surface area contributed by atoms with Gasteiger partial charge in [0.2, 0.25) is 5.91 Å². The van der Waals surface area contributed by atoms with Crippen molar-refractivity contribution in [3.63, 3.8) is 0 Å². The van der Waals surface area contributed by atoms with Crippen LogP contribution in [0.15, 0.2) is 47.1 Å². The van der Waals surface area contributed by atoms with Crippen LogP contribution in [0, 0.1) is 0 Å². The lowest BCUT2D eigenvalue weighted by Gasteiger charge is -2.06. The van der Waals surface area contributed by atoms with E-state index in [0.717, 1.165) is 5.56 Å². The maximum Gasteiger partial charge on any atom is 0.270 e. The summed E-state index contributed by atoms with van der Waals surface area (Å²) in [4.78, 5) is 27.0. The molecular formula is C14H12BrN3O2. The molecule has 0 saturated carbocycles. The first kappa shape index (κ1) is 14.2. The highest BCUT2D eigenvalue weighted by Gasteiger charge is 2.07. The van der Waals surface area contributed by atoms with E-state index in [2.05, 4.69) is 26.2 Å². The van der Waals surface area contributed by atoms with Crippen LogP contribution in [-0.2, 0) is 6.54 Å². The van der Waals surface area contributed by atoms with E-state index in [9.17, 15) is 9.59 Å². The van der Waals surface area contributed by atoms with Crippen molar-refractivity contribution < 1.29 is 9.59 Å². The molecule has 1 aromatic carbocycles. The van der Waals surface area contributed by atoms with E-state index in [4.69, 9.17) is 5.73 Å². The quantitative estimate of drug-likeness (QED) is 0.837. The summed E-state index contributed by atoms with van der Waals surface area (Å²) >= 11 is 3.21. The molecule has 5 nitrogen and oxygen atoms in total. The van der Waals surface area contributed by atoms with E-state index in [-0.39, 0.29) is 5.91 Å². The average molecular weight is 334 g/mol. The van der Waals surface area contributed by atoms with Gasteiger partial charge in [0.05, 0.1) is 0 Å². The molecule has 20 heavy (non-hydrogen) atoms. The van der Waals surface area contributed by atoms with Crippen LogP contribution in [0.5, 0.6) is 0 Å². The minimum atomic E-state index is -0.494. The van der Waals surface area contributed by atoms with Crippen LogP contribution in [0.2, 0.25) is 0 Å². The maximum absolute atomic E-state index is 11.9. The predicted octanol–water partition coefficient (Wildman–Crippen LogP) is 1.87. The van der Waals surface area contributed by atoms with Gasteiger partial charge in [0.25, 0.3) is 5.91 Å². The third-order valence-corrected chi connectivity index (χ3v) is 3.05. The highest BCUT2D eigenvalue weighted by atomic mass is 79.9. The molecule has 2 aromatic rings. The smallest absolute Gasteiger partial charge is 0.270 e. The van der Waals surface area contributed by atoms with Gasteiger partial charge >= 0.3 is 0 Å². The van der Waals surface area contributed by atoms with Gasteiger partial charge in [-0.2, -0.15) is 0 Å². The van der Waals surface area contributed by atoms with Gasteiger partial charge in [-0.15, -0.1) is 0 Å². The largest absolute Gasteiger partial charge is 0.366 e. The average Bonchev–Trinajstić information content (AvgIpc) is 2.45. The van der Waals surface area contributed by atoms with Crippen molar-refractivity contribution in [2.45, 2.75) is 6.54 Å². The molecular weight excluding hydrogens is 322 g/mol. The molecule has 0 unspecified atom stereocenters. The number of benzene rings is 1. The Morgan fingerprint density at radius 1 is 1.20 bits per heavy atom. The molecule has 0 atom stereocenters. The lowest BCUT2D eigenvalue weighted by Crippen LogP contribution is -2.24. The van der Waals surface area contributed by atoms with E-state index in [1.807, 2.05) is 0 Å². The molecule has 2 rings (SSSR count). The zero-order chi connectivity index (χ0) is 14.5. The van der Waals surface area contributed by atoms with Crippen LogP contribution in [0.25, 0.3) is 0 Å². The maximum atomic E-state index is 11.9. The van der Waals surface area contributed by atoms with Crippen molar-refractivity contribution in [2.75, 3.05) is 0 Å². The Labute approximate surface area is 124 Å². The molecule has 102 valence electrons. The number of rotatable bonds is 4. The number of pyridine rings is 1. The topological polar surface area (TPSA) is 85.1 Å². The highest BCUT2D eigenvalue weighted by Crippen LogP contribution is 2.07. The SMILES string of the molecule is NC(=O)c1cccc(CNC(=O)c2cccc(Br)n2)c1. The first-order valence-electron chi connectivity index (χ1n) is 5.86. The number of nitrogens with zero attached hydrogens (tertiary/aromatic N) is 1. The molecule has 0 fully saturated rings. The van der Waals surface area contributed by atoms with Gasteiger partial charge in [-0.3, -0.25) is 9.59 Å². The number of nitrogens with two attached hydrogens (primary N) is 1. The van der Waals surface area contributed by atoms with Crippen molar-refractivity contribution in [2.24, 2.45) is 5.73 Å². The van der Waals surface area contributed by atoms with E-state index in [1.165, 1.54) is 0 Å².